The molecule has 0 spiro atoms. The van der Waals surface area contributed by atoms with Crippen LogP contribution in [0, 0.1) is 23.7 Å². The predicted octanol–water partition coefficient (Wildman–Crippen LogP) is 21.3. The molecule has 19 heteroatoms. The van der Waals surface area contributed by atoms with Crippen molar-refractivity contribution >= 4 is 39.5 Å². The molecule has 0 rings (SSSR count). The second-order valence-corrected chi connectivity index (χ2v) is 31.3. The standard InChI is InChI=1S/C74H144O17P2/c1-9-67(8)53-45-37-29-23-25-33-41-49-57-74(79)91-70(61-85-72(77)55-47-39-31-24-22-28-36-44-52-66(6)7)63-89-93(82,83)87-59-68(75)58-86-92(80,81)88-62-69(90-73(78)56-48-40-32-21-17-13-11-15-19-27-35-43-51-65(4)5)60-84-71(76)54-46-38-30-20-16-12-10-14-18-26-34-42-50-64(2)3/h64-70,75H,9-63H2,1-8H3,(H,80,81)(H,82,83)/t67?,68?,69-,70-/m1/s1. The van der Waals surface area contributed by atoms with Crippen LogP contribution in [0.2, 0.25) is 0 Å². The number of aliphatic hydroxyl groups is 1. The Morgan fingerprint density at radius 2 is 0.516 bits per heavy atom. The monoisotopic (exact) mass is 1370 g/mol. The van der Waals surface area contributed by atoms with Crippen LogP contribution in [0.15, 0.2) is 0 Å². The van der Waals surface area contributed by atoms with Gasteiger partial charge in [-0.05, 0) is 49.4 Å². The van der Waals surface area contributed by atoms with Gasteiger partial charge in [0.25, 0.3) is 0 Å². The number of carbonyl (C=O) groups is 4. The molecule has 0 radical (unpaired) electrons. The Morgan fingerprint density at radius 1 is 0.301 bits per heavy atom. The first-order chi connectivity index (χ1) is 44.6. The van der Waals surface area contributed by atoms with Gasteiger partial charge in [-0.15, -0.1) is 0 Å². The van der Waals surface area contributed by atoms with Crippen molar-refractivity contribution in [2.45, 2.75) is 388 Å². The minimum atomic E-state index is -4.96. The van der Waals surface area contributed by atoms with Gasteiger partial charge in [0.2, 0.25) is 0 Å². The molecule has 6 atom stereocenters. The van der Waals surface area contributed by atoms with E-state index in [0.29, 0.717) is 25.7 Å². The number of hydrogen-bond donors (Lipinski definition) is 3. The van der Waals surface area contributed by atoms with Crippen LogP contribution in [0.1, 0.15) is 370 Å². The van der Waals surface area contributed by atoms with E-state index >= 15 is 0 Å². The van der Waals surface area contributed by atoms with Crippen molar-refractivity contribution in [1.82, 2.24) is 0 Å². The number of unbranched alkanes of at least 4 members (excludes halogenated alkanes) is 36. The summed E-state index contributed by atoms with van der Waals surface area (Å²) in [6.45, 7) is 14.2. The molecule has 0 aromatic rings. The fourth-order valence-electron chi connectivity index (χ4n) is 11.2. The molecule has 0 saturated carbocycles. The number of phosphoric acid groups is 2. The summed E-state index contributed by atoms with van der Waals surface area (Å²) in [5.74, 6) is 0.930. The highest BCUT2D eigenvalue weighted by Gasteiger charge is 2.30. The van der Waals surface area contributed by atoms with Crippen molar-refractivity contribution in [2.75, 3.05) is 39.6 Å². The highest BCUT2D eigenvalue weighted by atomic mass is 31.2. The van der Waals surface area contributed by atoms with Gasteiger partial charge in [0.1, 0.15) is 19.3 Å². The third-order valence-corrected chi connectivity index (χ3v) is 19.3. The lowest BCUT2D eigenvalue weighted by Gasteiger charge is -2.21. The second kappa shape index (κ2) is 63.5. The zero-order chi connectivity index (χ0) is 68.9. The SMILES string of the molecule is CCC(C)CCCCCCCCCCC(=O)O[C@H](COC(=O)CCCCCCCCCCC(C)C)COP(=O)(O)OCC(O)COP(=O)(O)OC[C@@H](COC(=O)CCCCCCCCCCCCCCC(C)C)OC(=O)CCCCCCCCCCCCCCC(C)C. The van der Waals surface area contributed by atoms with Gasteiger partial charge in [0.15, 0.2) is 12.2 Å². The van der Waals surface area contributed by atoms with E-state index in [0.717, 1.165) is 114 Å². The summed E-state index contributed by atoms with van der Waals surface area (Å²) in [4.78, 5) is 72.7. The van der Waals surface area contributed by atoms with Gasteiger partial charge in [-0.3, -0.25) is 37.3 Å². The van der Waals surface area contributed by atoms with E-state index in [1.807, 2.05) is 0 Å². The zero-order valence-corrected chi connectivity index (χ0v) is 62.7. The molecule has 4 unspecified atom stereocenters. The van der Waals surface area contributed by atoms with E-state index in [2.05, 4.69) is 55.4 Å². The lowest BCUT2D eigenvalue weighted by atomic mass is 9.99. The summed E-state index contributed by atoms with van der Waals surface area (Å²) in [6, 6.07) is 0. The number of phosphoric ester groups is 2. The number of hydrogen-bond acceptors (Lipinski definition) is 15. The summed E-state index contributed by atoms with van der Waals surface area (Å²) in [5.41, 5.74) is 0. The number of rotatable bonds is 71. The molecule has 0 amide bonds. The summed E-state index contributed by atoms with van der Waals surface area (Å²) in [5, 5.41) is 10.6. The van der Waals surface area contributed by atoms with Crippen molar-refractivity contribution in [3.63, 3.8) is 0 Å². The number of carbonyl (C=O) groups excluding carboxylic acids is 4. The molecule has 0 fully saturated rings. The average Bonchev–Trinajstić information content (AvgIpc) is 2.98. The van der Waals surface area contributed by atoms with E-state index in [-0.39, 0.29) is 25.7 Å². The summed E-state index contributed by atoms with van der Waals surface area (Å²) < 4.78 is 68.5. The van der Waals surface area contributed by atoms with Crippen molar-refractivity contribution < 1.29 is 80.2 Å². The summed E-state index contributed by atoms with van der Waals surface area (Å²) in [6.07, 6.45) is 47.1. The molecule has 17 nitrogen and oxygen atoms in total. The van der Waals surface area contributed by atoms with Crippen LogP contribution < -0.4 is 0 Å². The van der Waals surface area contributed by atoms with E-state index in [1.165, 1.54) is 173 Å². The summed E-state index contributed by atoms with van der Waals surface area (Å²) >= 11 is 0. The van der Waals surface area contributed by atoms with Crippen LogP contribution in [-0.4, -0.2) is 96.7 Å². The molecular weight excluding hydrogens is 1220 g/mol. The van der Waals surface area contributed by atoms with Crippen molar-refractivity contribution in [3.05, 3.63) is 0 Å². The predicted molar refractivity (Wildman–Crippen MR) is 377 cm³/mol. The maximum absolute atomic E-state index is 13.1. The van der Waals surface area contributed by atoms with Crippen molar-refractivity contribution in [3.8, 4) is 0 Å². The van der Waals surface area contributed by atoms with E-state index in [1.54, 1.807) is 0 Å². The molecule has 0 heterocycles. The largest absolute Gasteiger partial charge is 0.472 e. The molecular formula is C74H144O17P2. The maximum atomic E-state index is 13.1. The first-order valence-electron chi connectivity index (χ1n) is 38.2. The van der Waals surface area contributed by atoms with Gasteiger partial charge in [0.05, 0.1) is 26.4 Å². The molecule has 552 valence electrons. The number of esters is 4. The van der Waals surface area contributed by atoms with Crippen LogP contribution >= 0.6 is 15.6 Å². The highest BCUT2D eigenvalue weighted by Crippen LogP contribution is 2.45. The van der Waals surface area contributed by atoms with Crippen LogP contribution in [0.5, 0.6) is 0 Å². The molecule has 0 aromatic carbocycles. The van der Waals surface area contributed by atoms with Crippen LogP contribution in [-0.2, 0) is 65.4 Å². The summed E-state index contributed by atoms with van der Waals surface area (Å²) in [7, 11) is -9.91. The van der Waals surface area contributed by atoms with Gasteiger partial charge < -0.3 is 33.8 Å². The number of aliphatic hydroxyl groups excluding tert-OH is 1. The highest BCUT2D eigenvalue weighted by molar-refractivity contribution is 7.47. The Kier molecular flexibility index (Phi) is 62.2. The average molecular weight is 1370 g/mol. The second-order valence-electron chi connectivity index (χ2n) is 28.4. The Hall–Kier alpha value is -1.94. The fourth-order valence-corrected chi connectivity index (χ4v) is 12.7. The minimum absolute atomic E-state index is 0.104. The van der Waals surface area contributed by atoms with Gasteiger partial charge in [-0.1, -0.05) is 319 Å². The fraction of sp³-hybridized carbons (Fsp3) is 0.946. The Labute approximate surface area is 568 Å². The molecule has 0 aliphatic rings. The molecule has 93 heavy (non-hydrogen) atoms. The Morgan fingerprint density at radius 3 is 0.763 bits per heavy atom. The lowest BCUT2D eigenvalue weighted by Crippen LogP contribution is -2.30. The van der Waals surface area contributed by atoms with Crippen LogP contribution in [0.4, 0.5) is 0 Å². The first kappa shape index (κ1) is 91.1. The normalized spacial score (nSPS) is 14.5. The molecule has 3 N–H and O–H groups in total. The van der Waals surface area contributed by atoms with Gasteiger partial charge in [-0.2, -0.15) is 0 Å². The first-order valence-corrected chi connectivity index (χ1v) is 41.2. The van der Waals surface area contributed by atoms with Crippen LogP contribution in [0.3, 0.4) is 0 Å². The quantitative estimate of drug-likeness (QED) is 0.0222. The van der Waals surface area contributed by atoms with Crippen molar-refractivity contribution in [1.29, 1.82) is 0 Å². The molecule has 0 bridgehead atoms. The van der Waals surface area contributed by atoms with Crippen LogP contribution in [0.25, 0.3) is 0 Å². The van der Waals surface area contributed by atoms with E-state index < -0.39 is 97.5 Å². The smallest absolute Gasteiger partial charge is 0.462 e. The van der Waals surface area contributed by atoms with E-state index in [4.69, 9.17) is 37.0 Å². The number of ether oxygens (including phenoxy) is 4. The Bertz CT molecular complexity index is 1840. The molecule has 0 aliphatic heterocycles. The lowest BCUT2D eigenvalue weighted by molar-refractivity contribution is -0.161. The van der Waals surface area contributed by atoms with E-state index in [9.17, 15) is 43.2 Å². The maximum Gasteiger partial charge on any atom is 0.472 e. The molecule has 0 saturated heterocycles. The Balaban J connectivity index is 5.27. The van der Waals surface area contributed by atoms with Gasteiger partial charge in [-0.25, -0.2) is 9.13 Å². The molecule has 0 aromatic heterocycles. The van der Waals surface area contributed by atoms with Gasteiger partial charge >= 0.3 is 39.5 Å². The molecule has 0 aliphatic carbocycles. The van der Waals surface area contributed by atoms with Gasteiger partial charge in [0, 0.05) is 25.7 Å². The third kappa shape index (κ3) is 67.0. The minimum Gasteiger partial charge on any atom is -0.462 e. The zero-order valence-electron chi connectivity index (χ0n) is 60.9. The third-order valence-electron chi connectivity index (χ3n) is 17.4. The van der Waals surface area contributed by atoms with Crippen molar-refractivity contribution in [2.24, 2.45) is 23.7 Å². The topological polar surface area (TPSA) is 237 Å².